The van der Waals surface area contributed by atoms with E-state index in [4.69, 9.17) is 17.3 Å². The van der Waals surface area contributed by atoms with Crippen molar-refractivity contribution in [2.75, 3.05) is 6.54 Å². The Morgan fingerprint density at radius 3 is 2.87 bits per heavy atom. The van der Waals surface area contributed by atoms with Crippen LogP contribution in [0.2, 0.25) is 5.02 Å². The van der Waals surface area contributed by atoms with Crippen molar-refractivity contribution in [2.45, 2.75) is 19.8 Å². The average molecular weight is 230 g/mol. The maximum absolute atomic E-state index is 12.0. The lowest BCUT2D eigenvalue weighted by Crippen LogP contribution is -2.17. The molecule has 0 bridgehead atoms. The normalized spacial score (nSPS) is 12.8. The Morgan fingerprint density at radius 2 is 2.40 bits per heavy atom. The summed E-state index contributed by atoms with van der Waals surface area (Å²) in [6.45, 7) is 2.50. The monoisotopic (exact) mass is 229 g/mol. The second kappa shape index (κ2) is 5.28. The quantitative estimate of drug-likeness (QED) is 0.781. The SMILES string of the molecule is CC(CCCN)C(=O)c1c(Cl)cnn1C. The molecule has 0 fully saturated rings. The van der Waals surface area contributed by atoms with Crippen molar-refractivity contribution in [3.05, 3.63) is 16.9 Å². The van der Waals surface area contributed by atoms with Gasteiger partial charge < -0.3 is 5.73 Å². The zero-order valence-electron chi connectivity index (χ0n) is 9.03. The lowest BCUT2D eigenvalue weighted by Gasteiger charge is -2.09. The van der Waals surface area contributed by atoms with Gasteiger partial charge in [-0.3, -0.25) is 9.48 Å². The minimum Gasteiger partial charge on any atom is -0.330 e. The van der Waals surface area contributed by atoms with E-state index >= 15 is 0 Å². The predicted octanol–water partition coefficient (Wildman–Crippen LogP) is 1.63. The van der Waals surface area contributed by atoms with Crippen molar-refractivity contribution < 1.29 is 4.79 Å². The average Bonchev–Trinajstić information content (AvgIpc) is 2.54. The van der Waals surface area contributed by atoms with E-state index in [1.807, 2.05) is 6.92 Å². The van der Waals surface area contributed by atoms with Gasteiger partial charge in [-0.2, -0.15) is 5.10 Å². The van der Waals surface area contributed by atoms with E-state index in [0.717, 1.165) is 12.8 Å². The Hall–Kier alpha value is -0.870. The molecule has 0 radical (unpaired) electrons. The summed E-state index contributed by atoms with van der Waals surface area (Å²) >= 11 is 5.89. The first-order valence-corrected chi connectivity index (χ1v) is 5.37. The molecular formula is C10H16ClN3O. The van der Waals surface area contributed by atoms with E-state index in [0.29, 0.717) is 17.3 Å². The van der Waals surface area contributed by atoms with Crippen LogP contribution in [0.1, 0.15) is 30.3 Å². The van der Waals surface area contributed by atoms with E-state index in [-0.39, 0.29) is 11.7 Å². The molecule has 2 N–H and O–H groups in total. The lowest BCUT2D eigenvalue weighted by molar-refractivity contribution is 0.0913. The molecule has 1 aromatic rings. The van der Waals surface area contributed by atoms with Crippen molar-refractivity contribution in [3.63, 3.8) is 0 Å². The number of carbonyl (C=O) groups is 1. The third-order valence-corrected chi connectivity index (χ3v) is 2.69. The zero-order valence-corrected chi connectivity index (χ0v) is 9.79. The summed E-state index contributed by atoms with van der Waals surface area (Å²) < 4.78 is 1.52. The summed E-state index contributed by atoms with van der Waals surface area (Å²) in [4.78, 5) is 12.0. The molecule has 1 atom stereocenters. The van der Waals surface area contributed by atoms with Crippen molar-refractivity contribution >= 4 is 17.4 Å². The maximum atomic E-state index is 12.0. The minimum absolute atomic E-state index is 0.0356. The number of carbonyl (C=O) groups excluding carboxylic acids is 1. The van der Waals surface area contributed by atoms with Crippen LogP contribution >= 0.6 is 11.6 Å². The number of nitrogens with zero attached hydrogens (tertiary/aromatic N) is 2. The summed E-state index contributed by atoms with van der Waals surface area (Å²) in [6, 6.07) is 0. The Kier molecular flexibility index (Phi) is 4.29. The van der Waals surface area contributed by atoms with Gasteiger partial charge >= 0.3 is 0 Å². The van der Waals surface area contributed by atoms with Crippen molar-refractivity contribution in [3.8, 4) is 0 Å². The molecule has 0 saturated carbocycles. The van der Waals surface area contributed by atoms with Crippen LogP contribution in [-0.4, -0.2) is 22.1 Å². The highest BCUT2D eigenvalue weighted by Crippen LogP contribution is 2.20. The molecule has 0 amide bonds. The topological polar surface area (TPSA) is 60.9 Å². The van der Waals surface area contributed by atoms with Crippen LogP contribution in [0.15, 0.2) is 6.20 Å². The fourth-order valence-electron chi connectivity index (χ4n) is 1.48. The zero-order chi connectivity index (χ0) is 11.4. The van der Waals surface area contributed by atoms with E-state index in [2.05, 4.69) is 5.10 Å². The molecule has 0 aliphatic rings. The molecule has 1 unspecified atom stereocenters. The minimum atomic E-state index is -0.0542. The fraction of sp³-hybridized carbons (Fsp3) is 0.600. The van der Waals surface area contributed by atoms with Crippen LogP contribution in [-0.2, 0) is 7.05 Å². The highest BCUT2D eigenvalue weighted by atomic mass is 35.5. The fourth-order valence-corrected chi connectivity index (χ4v) is 1.74. The number of nitrogens with two attached hydrogens (primary N) is 1. The smallest absolute Gasteiger partial charge is 0.185 e. The highest BCUT2D eigenvalue weighted by Gasteiger charge is 2.20. The molecule has 5 heteroatoms. The standard InChI is InChI=1S/C10H16ClN3O/c1-7(4-3-5-12)10(15)9-8(11)6-13-14(9)2/h6-7H,3-5,12H2,1-2H3. The van der Waals surface area contributed by atoms with Gasteiger partial charge in [0.15, 0.2) is 5.78 Å². The van der Waals surface area contributed by atoms with Crippen LogP contribution in [0.4, 0.5) is 0 Å². The van der Waals surface area contributed by atoms with Gasteiger partial charge in [-0.1, -0.05) is 18.5 Å². The lowest BCUT2D eigenvalue weighted by atomic mass is 9.98. The van der Waals surface area contributed by atoms with E-state index in [1.165, 1.54) is 10.9 Å². The molecule has 0 aromatic carbocycles. The van der Waals surface area contributed by atoms with Gasteiger partial charge in [0.1, 0.15) is 5.69 Å². The Labute approximate surface area is 94.4 Å². The molecular weight excluding hydrogens is 214 g/mol. The number of aryl methyl sites for hydroxylation is 1. The summed E-state index contributed by atoms with van der Waals surface area (Å²) in [6.07, 6.45) is 3.13. The van der Waals surface area contributed by atoms with Crippen molar-refractivity contribution in [1.29, 1.82) is 0 Å². The van der Waals surface area contributed by atoms with Gasteiger partial charge in [-0.25, -0.2) is 0 Å². The van der Waals surface area contributed by atoms with Crippen molar-refractivity contribution in [1.82, 2.24) is 9.78 Å². The van der Waals surface area contributed by atoms with Gasteiger partial charge in [0, 0.05) is 13.0 Å². The Balaban J connectivity index is 2.76. The molecule has 0 saturated heterocycles. The number of ketones is 1. The number of rotatable bonds is 5. The second-order valence-electron chi connectivity index (χ2n) is 3.66. The number of hydrogen-bond donors (Lipinski definition) is 1. The second-order valence-corrected chi connectivity index (χ2v) is 4.07. The van der Waals surface area contributed by atoms with Gasteiger partial charge in [0.05, 0.1) is 11.2 Å². The van der Waals surface area contributed by atoms with Gasteiger partial charge in [-0.15, -0.1) is 0 Å². The van der Waals surface area contributed by atoms with Crippen LogP contribution in [0, 0.1) is 5.92 Å². The first-order chi connectivity index (χ1) is 7.07. The third-order valence-electron chi connectivity index (χ3n) is 2.42. The Bertz CT molecular complexity index is 329. The molecule has 1 rings (SSSR count). The molecule has 84 valence electrons. The van der Waals surface area contributed by atoms with Gasteiger partial charge in [-0.05, 0) is 19.4 Å². The van der Waals surface area contributed by atoms with E-state index in [1.54, 1.807) is 7.05 Å². The molecule has 0 spiro atoms. The third kappa shape index (κ3) is 2.79. The molecule has 1 heterocycles. The van der Waals surface area contributed by atoms with Crippen LogP contribution in [0.5, 0.6) is 0 Å². The molecule has 0 aliphatic heterocycles. The molecule has 1 aromatic heterocycles. The number of aromatic nitrogens is 2. The maximum Gasteiger partial charge on any atom is 0.185 e. The van der Waals surface area contributed by atoms with Gasteiger partial charge in [0.2, 0.25) is 0 Å². The number of hydrogen-bond acceptors (Lipinski definition) is 3. The highest BCUT2D eigenvalue weighted by molar-refractivity contribution is 6.33. The van der Waals surface area contributed by atoms with Gasteiger partial charge in [0.25, 0.3) is 0 Å². The number of halogens is 1. The summed E-state index contributed by atoms with van der Waals surface area (Å²) in [5, 5.41) is 4.36. The number of Topliss-reactive ketones (excluding diaryl/α,β-unsaturated/α-hetero) is 1. The first-order valence-electron chi connectivity index (χ1n) is 4.99. The van der Waals surface area contributed by atoms with E-state index < -0.39 is 0 Å². The molecule has 0 aliphatic carbocycles. The molecule has 15 heavy (non-hydrogen) atoms. The first kappa shape index (κ1) is 12.2. The summed E-state index contributed by atoms with van der Waals surface area (Å²) in [7, 11) is 1.72. The summed E-state index contributed by atoms with van der Waals surface area (Å²) in [5.41, 5.74) is 5.89. The van der Waals surface area contributed by atoms with E-state index in [9.17, 15) is 4.79 Å². The largest absolute Gasteiger partial charge is 0.330 e. The summed E-state index contributed by atoms with van der Waals surface area (Å²) in [5.74, 6) is -0.0186. The van der Waals surface area contributed by atoms with Crippen LogP contribution in [0.25, 0.3) is 0 Å². The van der Waals surface area contributed by atoms with Crippen molar-refractivity contribution in [2.24, 2.45) is 18.7 Å². The molecule has 4 nitrogen and oxygen atoms in total. The van der Waals surface area contributed by atoms with Crippen LogP contribution < -0.4 is 5.73 Å². The Morgan fingerprint density at radius 1 is 1.73 bits per heavy atom. The van der Waals surface area contributed by atoms with Crippen LogP contribution in [0.3, 0.4) is 0 Å². The predicted molar refractivity (Wildman–Crippen MR) is 60.0 cm³/mol.